The molecular formula is C25H32FN5O4. The Morgan fingerprint density at radius 3 is 2.69 bits per heavy atom. The predicted octanol–water partition coefficient (Wildman–Crippen LogP) is 3.06. The van der Waals surface area contributed by atoms with Gasteiger partial charge in [-0.3, -0.25) is 4.79 Å². The second kappa shape index (κ2) is 10.2. The Balaban J connectivity index is 1.90. The van der Waals surface area contributed by atoms with Crippen molar-refractivity contribution in [1.82, 2.24) is 14.6 Å². The summed E-state index contributed by atoms with van der Waals surface area (Å²) in [5.41, 5.74) is 3.13. The number of esters is 1. The number of fused-ring (bicyclic) bond motifs is 1. The van der Waals surface area contributed by atoms with Gasteiger partial charge in [-0.1, -0.05) is 12.1 Å². The first-order chi connectivity index (χ1) is 16.7. The second-order valence-corrected chi connectivity index (χ2v) is 9.62. The number of rotatable bonds is 7. The molecule has 0 unspecified atom stereocenters. The van der Waals surface area contributed by atoms with E-state index in [1.807, 2.05) is 6.07 Å². The first kappa shape index (κ1) is 24.9. The lowest BCUT2D eigenvalue weighted by molar-refractivity contribution is -0.142. The van der Waals surface area contributed by atoms with Gasteiger partial charge in [-0.25, -0.2) is 13.9 Å². The van der Waals surface area contributed by atoms with Crippen molar-refractivity contribution in [2.24, 2.45) is 0 Å². The lowest BCUT2D eigenvalue weighted by Gasteiger charge is -2.29. The Morgan fingerprint density at radius 2 is 2.03 bits per heavy atom. The summed E-state index contributed by atoms with van der Waals surface area (Å²) in [4.78, 5) is 18.5. The molecule has 0 radical (unpaired) electrons. The van der Waals surface area contributed by atoms with Crippen LogP contribution in [0.3, 0.4) is 0 Å². The van der Waals surface area contributed by atoms with Crippen LogP contribution < -0.4 is 10.2 Å². The van der Waals surface area contributed by atoms with E-state index in [0.29, 0.717) is 48.9 Å². The highest BCUT2D eigenvalue weighted by Crippen LogP contribution is 2.29. The fourth-order valence-electron chi connectivity index (χ4n) is 4.13. The molecule has 2 aromatic heterocycles. The number of hydrogen-bond donors (Lipinski definition) is 2. The van der Waals surface area contributed by atoms with E-state index in [2.05, 4.69) is 31.0 Å². The SMILES string of the molecule is CC(=O)OCc1nc2c(NC(C)(C)C)cc(N3CCOCC3)nn2c1Cc1cccc(F)c1CO. The van der Waals surface area contributed by atoms with E-state index in [1.165, 1.54) is 13.0 Å². The third kappa shape index (κ3) is 5.71. The minimum Gasteiger partial charge on any atom is -0.459 e. The quantitative estimate of drug-likeness (QED) is 0.493. The number of benzene rings is 1. The van der Waals surface area contributed by atoms with Crippen molar-refractivity contribution < 1.29 is 23.8 Å². The summed E-state index contributed by atoms with van der Waals surface area (Å²) < 4.78 is 26.9. The van der Waals surface area contributed by atoms with Crippen LogP contribution in [0.5, 0.6) is 0 Å². The standard InChI is InChI=1S/C25H32FN5O4/c1-16(33)35-15-21-22(12-17-6-5-7-19(26)18(17)14-32)31-24(27-21)20(28-25(2,3)4)13-23(29-31)30-8-10-34-11-9-30/h5-7,13,28,32H,8-12,14-15H2,1-4H3. The zero-order valence-corrected chi connectivity index (χ0v) is 20.6. The van der Waals surface area contributed by atoms with E-state index >= 15 is 0 Å². The predicted molar refractivity (Wildman–Crippen MR) is 130 cm³/mol. The smallest absolute Gasteiger partial charge is 0.303 e. The molecule has 1 aliphatic heterocycles. The molecule has 188 valence electrons. The first-order valence-corrected chi connectivity index (χ1v) is 11.7. The maximum atomic E-state index is 14.4. The van der Waals surface area contributed by atoms with Crippen molar-refractivity contribution in [3.8, 4) is 0 Å². The molecule has 1 aliphatic rings. The fourth-order valence-corrected chi connectivity index (χ4v) is 4.13. The number of aromatic nitrogens is 3. The topological polar surface area (TPSA) is 101 Å². The normalized spacial score (nSPS) is 14.4. The van der Waals surface area contributed by atoms with Crippen LogP contribution in [-0.2, 0) is 33.9 Å². The van der Waals surface area contributed by atoms with Crippen LogP contribution in [-0.4, -0.2) is 57.5 Å². The molecular weight excluding hydrogens is 453 g/mol. The minimum atomic E-state index is -0.475. The molecule has 10 heteroatoms. The maximum absolute atomic E-state index is 14.4. The van der Waals surface area contributed by atoms with Gasteiger partial charge in [0, 0.05) is 43.6 Å². The van der Waals surface area contributed by atoms with Crippen molar-refractivity contribution in [2.45, 2.75) is 52.9 Å². The van der Waals surface area contributed by atoms with Gasteiger partial charge in [-0.05, 0) is 32.4 Å². The molecule has 0 atom stereocenters. The zero-order chi connectivity index (χ0) is 25.2. The number of imidazole rings is 1. The van der Waals surface area contributed by atoms with Crippen molar-refractivity contribution >= 4 is 23.1 Å². The highest BCUT2D eigenvalue weighted by molar-refractivity contribution is 5.73. The first-order valence-electron chi connectivity index (χ1n) is 11.7. The molecule has 0 aliphatic carbocycles. The lowest BCUT2D eigenvalue weighted by atomic mass is 10.0. The zero-order valence-electron chi connectivity index (χ0n) is 20.6. The maximum Gasteiger partial charge on any atom is 0.303 e. The van der Waals surface area contributed by atoms with Crippen LogP contribution in [0.1, 0.15) is 50.2 Å². The monoisotopic (exact) mass is 485 g/mol. The molecule has 0 amide bonds. The summed E-state index contributed by atoms with van der Waals surface area (Å²) in [6.07, 6.45) is 0.250. The van der Waals surface area contributed by atoms with Gasteiger partial charge < -0.3 is 24.8 Å². The van der Waals surface area contributed by atoms with Gasteiger partial charge in [-0.2, -0.15) is 0 Å². The Morgan fingerprint density at radius 1 is 1.29 bits per heavy atom. The van der Waals surface area contributed by atoms with E-state index < -0.39 is 18.4 Å². The average Bonchev–Trinajstić information content (AvgIpc) is 3.15. The summed E-state index contributed by atoms with van der Waals surface area (Å²) >= 11 is 0. The van der Waals surface area contributed by atoms with Crippen LogP contribution >= 0.6 is 0 Å². The van der Waals surface area contributed by atoms with E-state index in [9.17, 15) is 14.3 Å². The van der Waals surface area contributed by atoms with E-state index in [4.69, 9.17) is 19.6 Å². The van der Waals surface area contributed by atoms with Crippen LogP contribution in [0.25, 0.3) is 5.65 Å². The molecule has 1 fully saturated rings. The van der Waals surface area contributed by atoms with Crippen molar-refractivity contribution in [2.75, 3.05) is 36.5 Å². The van der Waals surface area contributed by atoms with Crippen molar-refractivity contribution in [3.05, 3.63) is 52.6 Å². The summed E-state index contributed by atoms with van der Waals surface area (Å²) in [6, 6.07) is 6.67. The second-order valence-electron chi connectivity index (χ2n) is 9.62. The van der Waals surface area contributed by atoms with Gasteiger partial charge in [0.05, 0.1) is 31.2 Å². The molecule has 9 nitrogen and oxygen atoms in total. The van der Waals surface area contributed by atoms with E-state index in [1.54, 1.807) is 16.6 Å². The van der Waals surface area contributed by atoms with E-state index in [0.717, 1.165) is 11.5 Å². The summed E-state index contributed by atoms with van der Waals surface area (Å²) in [5.74, 6) is -0.144. The molecule has 2 N–H and O–H groups in total. The third-order valence-corrected chi connectivity index (χ3v) is 5.74. The van der Waals surface area contributed by atoms with Gasteiger partial charge in [-0.15, -0.1) is 5.10 Å². The number of ether oxygens (including phenoxy) is 2. The molecule has 4 rings (SSSR count). The largest absolute Gasteiger partial charge is 0.459 e. The van der Waals surface area contributed by atoms with Gasteiger partial charge in [0.2, 0.25) is 0 Å². The molecule has 0 spiro atoms. The van der Waals surface area contributed by atoms with Crippen LogP contribution in [0.15, 0.2) is 24.3 Å². The molecule has 1 aromatic carbocycles. The summed E-state index contributed by atoms with van der Waals surface area (Å²) in [5, 5.41) is 18.2. The number of aliphatic hydroxyl groups is 1. The molecule has 3 heterocycles. The molecule has 0 saturated carbocycles. The van der Waals surface area contributed by atoms with Gasteiger partial charge in [0.25, 0.3) is 0 Å². The number of carbonyl (C=O) groups is 1. The minimum absolute atomic E-state index is 0.0420. The summed E-state index contributed by atoms with van der Waals surface area (Å²) in [7, 11) is 0. The Bertz CT molecular complexity index is 1210. The van der Waals surface area contributed by atoms with Crippen LogP contribution in [0.2, 0.25) is 0 Å². The number of nitrogens with zero attached hydrogens (tertiary/aromatic N) is 4. The van der Waals surface area contributed by atoms with Gasteiger partial charge >= 0.3 is 5.97 Å². The highest BCUT2D eigenvalue weighted by Gasteiger charge is 2.24. The van der Waals surface area contributed by atoms with Gasteiger partial charge in [0.1, 0.15) is 18.1 Å². The third-order valence-electron chi connectivity index (χ3n) is 5.74. The Labute approximate surface area is 203 Å². The number of anilines is 2. The highest BCUT2D eigenvalue weighted by atomic mass is 19.1. The molecule has 1 saturated heterocycles. The number of nitrogens with one attached hydrogen (secondary N) is 1. The molecule has 35 heavy (non-hydrogen) atoms. The number of morpholine rings is 1. The number of aliphatic hydroxyl groups excluding tert-OH is 1. The van der Waals surface area contributed by atoms with E-state index in [-0.39, 0.29) is 24.1 Å². The Hall–Kier alpha value is -3.24. The van der Waals surface area contributed by atoms with Crippen LogP contribution in [0, 0.1) is 5.82 Å². The molecule has 0 bridgehead atoms. The number of halogens is 1. The number of carbonyl (C=O) groups excluding carboxylic acids is 1. The summed E-state index contributed by atoms with van der Waals surface area (Å²) in [6.45, 7) is 9.67. The number of hydrogen-bond acceptors (Lipinski definition) is 8. The van der Waals surface area contributed by atoms with Crippen molar-refractivity contribution in [1.29, 1.82) is 0 Å². The average molecular weight is 486 g/mol. The Kier molecular flexibility index (Phi) is 7.23. The fraction of sp³-hybridized carbons (Fsp3) is 0.480. The van der Waals surface area contributed by atoms with Crippen LogP contribution in [0.4, 0.5) is 15.9 Å². The van der Waals surface area contributed by atoms with Crippen molar-refractivity contribution in [3.63, 3.8) is 0 Å². The molecule has 3 aromatic rings. The lowest BCUT2D eigenvalue weighted by Crippen LogP contribution is -2.37. The van der Waals surface area contributed by atoms with Gasteiger partial charge in [0.15, 0.2) is 11.5 Å².